The van der Waals surface area contributed by atoms with Gasteiger partial charge in [0.25, 0.3) is 0 Å². The minimum absolute atomic E-state index is 0.207. The summed E-state index contributed by atoms with van der Waals surface area (Å²) in [4.78, 5) is 11.2. The molecule has 0 fully saturated rings. The predicted molar refractivity (Wildman–Crippen MR) is 67.2 cm³/mol. The first-order valence-corrected chi connectivity index (χ1v) is 5.62. The van der Waals surface area contributed by atoms with Crippen LogP contribution in [0.2, 0.25) is 0 Å². The van der Waals surface area contributed by atoms with Gasteiger partial charge in [-0.25, -0.2) is 4.79 Å². The molecule has 0 aliphatic carbocycles. The molecule has 0 bridgehead atoms. The maximum absolute atomic E-state index is 11.2. The molecule has 0 atom stereocenters. The van der Waals surface area contributed by atoms with Crippen LogP contribution in [0, 0.1) is 0 Å². The van der Waals surface area contributed by atoms with Gasteiger partial charge in [0.15, 0.2) is 0 Å². The van der Waals surface area contributed by atoms with Crippen LogP contribution in [0.5, 0.6) is 0 Å². The number of carboxylic acids is 1. The maximum Gasteiger partial charge on any atom is 0.337 e. The fourth-order valence-electron chi connectivity index (χ4n) is 2.13. The number of rotatable bonds is 3. The molecule has 0 unspecified atom stereocenters. The van der Waals surface area contributed by atoms with Gasteiger partial charge in [0.05, 0.1) is 11.1 Å². The largest absolute Gasteiger partial charge is 0.478 e. The van der Waals surface area contributed by atoms with E-state index in [1.54, 1.807) is 12.1 Å². The normalized spacial score (nSPS) is 11.3. The average molecular weight is 232 g/mol. The Kier molecular flexibility index (Phi) is 2.90. The van der Waals surface area contributed by atoms with Gasteiger partial charge in [-0.2, -0.15) is 0 Å². The molecule has 0 saturated heterocycles. The monoisotopic (exact) mass is 232 g/mol. The molecule has 1 aromatic carbocycles. The molecule has 17 heavy (non-hydrogen) atoms. The molecule has 2 aromatic rings. The standard InChI is InChI=1S/C13H16N2O2/c1-8(2)15-7-9(6-14)10-4-3-5-11(12(10)15)13(16)17/h3-5,7-8H,6,14H2,1-2H3,(H,16,17). The minimum Gasteiger partial charge on any atom is -0.478 e. The quantitative estimate of drug-likeness (QED) is 0.853. The van der Waals surface area contributed by atoms with Crippen molar-refractivity contribution in [2.24, 2.45) is 5.73 Å². The Morgan fingerprint density at radius 2 is 2.18 bits per heavy atom. The lowest BCUT2D eigenvalue weighted by Crippen LogP contribution is -2.04. The Hall–Kier alpha value is -1.81. The molecule has 0 amide bonds. The van der Waals surface area contributed by atoms with E-state index in [-0.39, 0.29) is 6.04 Å². The number of aromatic nitrogens is 1. The lowest BCUT2D eigenvalue weighted by molar-refractivity contribution is 0.0698. The smallest absolute Gasteiger partial charge is 0.337 e. The van der Waals surface area contributed by atoms with E-state index in [0.29, 0.717) is 12.1 Å². The van der Waals surface area contributed by atoms with E-state index >= 15 is 0 Å². The molecule has 0 saturated carbocycles. The molecule has 3 N–H and O–H groups in total. The van der Waals surface area contributed by atoms with Crippen molar-refractivity contribution < 1.29 is 9.90 Å². The summed E-state index contributed by atoms with van der Waals surface area (Å²) in [6.07, 6.45) is 1.95. The van der Waals surface area contributed by atoms with Gasteiger partial charge in [0.2, 0.25) is 0 Å². The van der Waals surface area contributed by atoms with E-state index in [2.05, 4.69) is 0 Å². The fraction of sp³-hybridized carbons (Fsp3) is 0.308. The Morgan fingerprint density at radius 1 is 1.47 bits per heavy atom. The van der Waals surface area contributed by atoms with E-state index in [9.17, 15) is 9.90 Å². The molecule has 90 valence electrons. The zero-order chi connectivity index (χ0) is 12.6. The second-order valence-corrected chi connectivity index (χ2v) is 4.37. The summed E-state index contributed by atoms with van der Waals surface area (Å²) in [6, 6.07) is 5.51. The molecule has 1 aromatic heterocycles. The van der Waals surface area contributed by atoms with Crippen LogP contribution in [-0.2, 0) is 6.54 Å². The van der Waals surface area contributed by atoms with Crippen molar-refractivity contribution in [3.8, 4) is 0 Å². The van der Waals surface area contributed by atoms with Crippen LogP contribution < -0.4 is 5.73 Å². The number of carboxylic acid groups (broad SMARTS) is 1. The second-order valence-electron chi connectivity index (χ2n) is 4.37. The third kappa shape index (κ3) is 1.80. The van der Waals surface area contributed by atoms with Crippen LogP contribution in [0.15, 0.2) is 24.4 Å². The summed E-state index contributed by atoms with van der Waals surface area (Å²) < 4.78 is 1.97. The van der Waals surface area contributed by atoms with Crippen molar-refractivity contribution in [2.45, 2.75) is 26.4 Å². The van der Waals surface area contributed by atoms with Crippen LogP contribution in [0.25, 0.3) is 10.9 Å². The van der Waals surface area contributed by atoms with E-state index in [1.165, 1.54) is 0 Å². The summed E-state index contributed by atoms with van der Waals surface area (Å²) in [5.74, 6) is -0.904. The third-order valence-electron chi connectivity index (χ3n) is 2.94. The van der Waals surface area contributed by atoms with Crippen molar-refractivity contribution in [2.75, 3.05) is 0 Å². The number of fused-ring (bicyclic) bond motifs is 1. The molecule has 2 rings (SSSR count). The first kappa shape index (κ1) is 11.7. The van der Waals surface area contributed by atoms with Gasteiger partial charge in [0, 0.05) is 24.2 Å². The Labute approximate surface area is 99.7 Å². The highest BCUT2D eigenvalue weighted by molar-refractivity contribution is 6.03. The minimum atomic E-state index is -0.904. The number of hydrogen-bond acceptors (Lipinski definition) is 2. The summed E-state index contributed by atoms with van der Waals surface area (Å²) in [5, 5.41) is 10.2. The van der Waals surface area contributed by atoms with Gasteiger partial charge in [-0.3, -0.25) is 0 Å². The summed E-state index contributed by atoms with van der Waals surface area (Å²) >= 11 is 0. The van der Waals surface area contributed by atoms with Crippen LogP contribution in [0.1, 0.15) is 35.8 Å². The highest BCUT2D eigenvalue weighted by atomic mass is 16.4. The van der Waals surface area contributed by atoms with E-state index in [4.69, 9.17) is 5.73 Å². The SMILES string of the molecule is CC(C)n1cc(CN)c2cccc(C(=O)O)c21. The first-order valence-electron chi connectivity index (χ1n) is 5.62. The predicted octanol–water partition coefficient (Wildman–Crippen LogP) is 2.38. The van der Waals surface area contributed by atoms with E-state index < -0.39 is 5.97 Å². The van der Waals surface area contributed by atoms with E-state index in [1.807, 2.05) is 30.7 Å². The molecular weight excluding hydrogens is 216 g/mol. The number of para-hydroxylation sites is 1. The highest BCUT2D eigenvalue weighted by Crippen LogP contribution is 2.27. The first-order chi connectivity index (χ1) is 8.06. The molecule has 0 radical (unpaired) electrons. The molecule has 0 aliphatic heterocycles. The van der Waals surface area contributed by atoms with Gasteiger partial charge >= 0.3 is 5.97 Å². The van der Waals surface area contributed by atoms with Gasteiger partial charge in [-0.15, -0.1) is 0 Å². The number of nitrogens with two attached hydrogens (primary N) is 1. The van der Waals surface area contributed by atoms with Crippen LogP contribution in [-0.4, -0.2) is 15.6 Å². The summed E-state index contributed by atoms with van der Waals surface area (Å²) in [6.45, 7) is 4.47. The molecule has 4 nitrogen and oxygen atoms in total. The fourth-order valence-corrected chi connectivity index (χ4v) is 2.13. The van der Waals surface area contributed by atoms with Gasteiger partial charge in [-0.05, 0) is 25.5 Å². The zero-order valence-electron chi connectivity index (χ0n) is 9.97. The zero-order valence-corrected chi connectivity index (χ0v) is 9.97. The Bertz CT molecular complexity index is 570. The molecular formula is C13H16N2O2. The summed E-state index contributed by atoms with van der Waals surface area (Å²) in [7, 11) is 0. The Balaban J connectivity index is 2.86. The highest BCUT2D eigenvalue weighted by Gasteiger charge is 2.16. The Morgan fingerprint density at radius 3 is 2.71 bits per heavy atom. The molecule has 1 heterocycles. The van der Waals surface area contributed by atoms with Crippen LogP contribution in [0.3, 0.4) is 0 Å². The third-order valence-corrected chi connectivity index (χ3v) is 2.94. The number of carbonyl (C=O) groups is 1. The lowest BCUT2D eigenvalue weighted by atomic mass is 10.1. The summed E-state index contributed by atoms with van der Waals surface area (Å²) in [5.41, 5.74) is 7.77. The van der Waals surface area contributed by atoms with Crippen LogP contribution in [0.4, 0.5) is 0 Å². The van der Waals surface area contributed by atoms with E-state index in [0.717, 1.165) is 16.5 Å². The molecule has 0 aliphatic rings. The van der Waals surface area contributed by atoms with Crippen molar-refractivity contribution >= 4 is 16.9 Å². The molecule has 0 spiro atoms. The van der Waals surface area contributed by atoms with Gasteiger partial charge in [0.1, 0.15) is 0 Å². The average Bonchev–Trinajstić information content (AvgIpc) is 2.67. The van der Waals surface area contributed by atoms with Gasteiger partial charge < -0.3 is 15.4 Å². The number of nitrogens with zero attached hydrogens (tertiary/aromatic N) is 1. The topological polar surface area (TPSA) is 68.2 Å². The van der Waals surface area contributed by atoms with Crippen molar-refractivity contribution in [3.63, 3.8) is 0 Å². The number of aromatic carboxylic acids is 1. The van der Waals surface area contributed by atoms with Crippen LogP contribution >= 0.6 is 0 Å². The van der Waals surface area contributed by atoms with Crippen molar-refractivity contribution in [1.82, 2.24) is 4.57 Å². The van der Waals surface area contributed by atoms with Crippen molar-refractivity contribution in [1.29, 1.82) is 0 Å². The maximum atomic E-state index is 11.2. The second kappa shape index (κ2) is 4.22. The number of hydrogen-bond donors (Lipinski definition) is 2. The van der Waals surface area contributed by atoms with Crippen molar-refractivity contribution in [3.05, 3.63) is 35.5 Å². The number of benzene rings is 1. The van der Waals surface area contributed by atoms with Gasteiger partial charge in [-0.1, -0.05) is 12.1 Å². The lowest BCUT2D eigenvalue weighted by Gasteiger charge is -2.10. The molecule has 4 heteroatoms.